The lowest BCUT2D eigenvalue weighted by Crippen LogP contribution is -2.44. The van der Waals surface area contributed by atoms with Crippen molar-refractivity contribution in [2.45, 2.75) is 269 Å². The lowest BCUT2D eigenvalue weighted by Gasteiger charge is -2.33. The molecule has 0 radical (unpaired) electrons. The van der Waals surface area contributed by atoms with Crippen molar-refractivity contribution in [2.24, 2.45) is 5.41 Å². The minimum atomic E-state index is -4.62. The molecule has 12 rings (SSSR count). The molecule has 1 saturated heterocycles. The summed E-state index contributed by atoms with van der Waals surface area (Å²) >= 11 is 0. The third-order valence-corrected chi connectivity index (χ3v) is 20.6. The van der Waals surface area contributed by atoms with Gasteiger partial charge in [0, 0.05) is 55.6 Å². The summed E-state index contributed by atoms with van der Waals surface area (Å²) < 4.78 is 174. The summed E-state index contributed by atoms with van der Waals surface area (Å²) in [7, 11) is 3.72. The van der Waals surface area contributed by atoms with E-state index in [1.54, 1.807) is 61.2 Å². The summed E-state index contributed by atoms with van der Waals surface area (Å²) in [5.41, 5.74) is 10.7. The molecular formula is C107H138F12N4O5. The van der Waals surface area contributed by atoms with E-state index in [2.05, 4.69) is 163 Å². The number of para-hydroxylation sites is 1. The van der Waals surface area contributed by atoms with Crippen LogP contribution in [0, 0.1) is 12.3 Å². The maximum atomic E-state index is 13.4. The Bertz CT molecular complexity index is 5050. The molecule has 2 aromatic heterocycles. The predicted molar refractivity (Wildman–Crippen MR) is 501 cm³/mol. The SMILES string of the molecule is CC(C)(C)Cc1ccccc1-c1cc2ccccc2o1.CC(C)(C)c1ccc(C(F)(F)F)cc1.CC(C)(C)c1ccc(O)cc1.CC(C)(C)c1ccc(OC(F)(F)F)cc1.CC(C)Oc1ccc(C(C)(C)C)cc1.CN1CCN(Cc2ccc(C(C)(C)C)cc2C(F)(F)F)CC1.COc1ccc(C(C)(C)C)cc1.Cc1cn(-c2cc(C(C)(C)C)cc(C(F)(F)F)c2)cn1. The Morgan fingerprint density at radius 2 is 0.805 bits per heavy atom. The number of phenols is 1. The van der Waals surface area contributed by atoms with Crippen LogP contribution in [0.3, 0.4) is 0 Å². The number of aromatic hydroxyl groups is 1. The average Bonchev–Trinajstić information content (AvgIpc) is 1.10. The van der Waals surface area contributed by atoms with Crippen LogP contribution in [0.15, 0.2) is 229 Å². The van der Waals surface area contributed by atoms with Crippen LogP contribution in [0.25, 0.3) is 28.0 Å². The minimum absolute atomic E-state index is 0.0727. The van der Waals surface area contributed by atoms with Gasteiger partial charge in [-0.05, 0) is 225 Å². The summed E-state index contributed by atoms with van der Waals surface area (Å²) in [6.07, 6.45) is -13.0. The Morgan fingerprint density at radius 1 is 0.406 bits per heavy atom. The van der Waals surface area contributed by atoms with Crippen molar-refractivity contribution >= 4 is 11.0 Å². The molecule has 1 fully saturated rings. The molecule has 0 atom stereocenters. The van der Waals surface area contributed by atoms with Gasteiger partial charge in [0.25, 0.3) is 0 Å². The van der Waals surface area contributed by atoms with Gasteiger partial charge < -0.3 is 33.2 Å². The van der Waals surface area contributed by atoms with Crippen molar-refractivity contribution in [3.63, 3.8) is 0 Å². The number of furan rings is 1. The first-order valence-corrected chi connectivity index (χ1v) is 43.2. The number of hydrogen-bond donors (Lipinski definition) is 1. The number of alkyl halides is 12. The number of nitrogens with zero attached hydrogens (tertiary/aromatic N) is 4. The van der Waals surface area contributed by atoms with Gasteiger partial charge in [-0.1, -0.05) is 281 Å². The molecule has 1 N–H and O–H groups in total. The fourth-order valence-electron chi connectivity index (χ4n) is 12.9. The van der Waals surface area contributed by atoms with Crippen LogP contribution >= 0.6 is 0 Å². The molecule has 0 spiro atoms. The molecular weight excluding hydrogens is 1650 g/mol. The van der Waals surface area contributed by atoms with Crippen molar-refractivity contribution in [2.75, 3.05) is 40.3 Å². The van der Waals surface area contributed by atoms with E-state index < -0.39 is 41.6 Å². The number of halogens is 12. The fraction of sp³-hybridized carbons (Fsp3) is 0.449. The Kier molecular flexibility index (Phi) is 37.8. The second-order valence-corrected chi connectivity index (χ2v) is 41.0. The van der Waals surface area contributed by atoms with Crippen LogP contribution in [0.1, 0.15) is 252 Å². The van der Waals surface area contributed by atoms with Gasteiger partial charge >= 0.3 is 24.9 Å². The highest BCUT2D eigenvalue weighted by atomic mass is 19.4. The normalized spacial score (nSPS) is 13.3. The Balaban J connectivity index is 0.000000262. The molecule has 9 nitrogen and oxygen atoms in total. The van der Waals surface area contributed by atoms with E-state index in [0.717, 1.165) is 101 Å². The topological polar surface area (TPSA) is 85.4 Å². The maximum Gasteiger partial charge on any atom is 0.573 e. The highest BCUT2D eigenvalue weighted by Crippen LogP contribution is 2.40. The van der Waals surface area contributed by atoms with Crippen LogP contribution < -0.4 is 14.2 Å². The van der Waals surface area contributed by atoms with Crippen molar-refractivity contribution in [3.05, 3.63) is 297 Å². The van der Waals surface area contributed by atoms with E-state index in [-0.39, 0.29) is 55.2 Å². The van der Waals surface area contributed by atoms with Crippen LogP contribution in [-0.4, -0.2) is 77.3 Å². The first kappa shape index (κ1) is 109. The molecule has 21 heteroatoms. The zero-order valence-electron chi connectivity index (χ0n) is 80.6. The summed E-state index contributed by atoms with van der Waals surface area (Å²) in [5.74, 6) is 2.98. The van der Waals surface area contributed by atoms with Gasteiger partial charge in [0.1, 0.15) is 34.3 Å². The average molecular weight is 1790 g/mol. The van der Waals surface area contributed by atoms with E-state index >= 15 is 0 Å². The Morgan fingerprint density at radius 3 is 1.20 bits per heavy atom. The number of benzene rings is 9. The molecule has 700 valence electrons. The van der Waals surface area contributed by atoms with Crippen LogP contribution in [-0.2, 0) is 69.4 Å². The molecule has 0 amide bonds. The summed E-state index contributed by atoms with van der Waals surface area (Å²) in [6, 6.07) is 63.0. The van der Waals surface area contributed by atoms with Gasteiger partial charge in [0.2, 0.25) is 0 Å². The number of likely N-dealkylation sites (N-methyl/N-ethyl adjacent to an activating group) is 1. The number of aryl methyl sites for hydroxylation is 1. The van der Waals surface area contributed by atoms with Gasteiger partial charge in [-0.15, -0.1) is 13.2 Å². The quantitative estimate of drug-likeness (QED) is 0.143. The van der Waals surface area contributed by atoms with E-state index in [0.29, 0.717) is 29.1 Å². The van der Waals surface area contributed by atoms with Crippen molar-refractivity contribution < 1.29 is 76.4 Å². The second kappa shape index (κ2) is 44.6. The van der Waals surface area contributed by atoms with E-state index in [1.165, 1.54) is 70.5 Å². The standard InChI is InChI=1S/C19H20O.C17H25F3N2.C15H17F3N2.C13H20O.C11H13F3O.C11H13F3.C11H16O.C10H14O/c1-19(2,3)13-15-9-4-6-10-16(15)18-12-14-8-5-7-11-17(14)20-18;1-16(2,3)14-6-5-13(15(11-14)17(18,19)20)12-22-9-7-21(4)8-10-22;1-10-8-20(9-19-10)13-6-11(14(2,3)4)5-12(7-13)15(16,17)18;1-10(2)14-12-8-6-11(7-9-12)13(3,4)5;1-10(2,3)8-4-6-9(7-5-8)15-11(12,13)14;1-10(2,3)8-4-6-9(7-5-8)11(12,13)14;1-11(2,3)9-5-7-10(12-4)8-6-9;1-10(2,3)8-4-6-9(11)7-5-8/h4-12H,13H2,1-3H3;5-6,11H,7-10,12H2,1-4H3;5-9H,1-4H3;6-10H,1-5H3;4-7H,1-3H3;4-7H,1-3H3;5-8H,1-4H3;4-7,11H,1-3H3. The number of aromatic nitrogens is 2. The highest BCUT2D eigenvalue weighted by molar-refractivity contribution is 5.83. The lowest BCUT2D eigenvalue weighted by atomic mass is 9.85. The number of piperazine rings is 1. The number of rotatable bonds is 9. The lowest BCUT2D eigenvalue weighted by molar-refractivity contribution is -0.274. The van der Waals surface area contributed by atoms with Gasteiger partial charge in [-0.2, -0.15) is 39.5 Å². The first-order valence-electron chi connectivity index (χ1n) is 43.2. The van der Waals surface area contributed by atoms with Crippen LogP contribution in [0.5, 0.6) is 23.0 Å². The maximum absolute atomic E-state index is 13.4. The molecule has 0 saturated carbocycles. The molecule has 0 bridgehead atoms. The predicted octanol–water partition coefficient (Wildman–Crippen LogP) is 31.3. The van der Waals surface area contributed by atoms with Crippen molar-refractivity contribution in [1.82, 2.24) is 19.4 Å². The minimum Gasteiger partial charge on any atom is -0.508 e. The van der Waals surface area contributed by atoms with Gasteiger partial charge in [0.15, 0.2) is 0 Å². The number of imidazole rings is 1. The monoisotopic (exact) mass is 1790 g/mol. The summed E-state index contributed by atoms with van der Waals surface area (Å²) in [4.78, 5) is 8.36. The van der Waals surface area contributed by atoms with E-state index in [4.69, 9.17) is 19.0 Å². The second-order valence-electron chi connectivity index (χ2n) is 41.0. The number of fused-ring (bicyclic) bond motifs is 1. The Labute approximate surface area is 754 Å². The van der Waals surface area contributed by atoms with Crippen molar-refractivity contribution in [3.8, 4) is 40.0 Å². The molecule has 0 aliphatic carbocycles. The smallest absolute Gasteiger partial charge is 0.508 e. The number of methoxy groups -OCH3 is 1. The molecule has 0 unspecified atom stereocenters. The van der Waals surface area contributed by atoms with Gasteiger partial charge in [0.05, 0.1) is 41.9 Å². The zero-order valence-corrected chi connectivity index (χ0v) is 80.6. The number of ether oxygens (including phenoxy) is 3. The zero-order chi connectivity index (χ0) is 97.0. The molecule has 11 aromatic rings. The molecule has 1 aliphatic heterocycles. The largest absolute Gasteiger partial charge is 0.573 e. The third-order valence-electron chi connectivity index (χ3n) is 20.6. The molecule has 9 aromatic carbocycles. The first-order chi connectivity index (χ1) is 58.5. The third kappa shape index (κ3) is 37.6. The van der Waals surface area contributed by atoms with Gasteiger partial charge in [-0.25, -0.2) is 4.98 Å². The van der Waals surface area contributed by atoms with Crippen LogP contribution in [0.2, 0.25) is 0 Å². The van der Waals surface area contributed by atoms with Crippen molar-refractivity contribution in [1.29, 1.82) is 0 Å². The molecule has 128 heavy (non-hydrogen) atoms. The molecule has 3 heterocycles. The summed E-state index contributed by atoms with van der Waals surface area (Å²) in [6.45, 7) is 59.6. The molecule has 1 aliphatic rings. The van der Waals surface area contributed by atoms with E-state index in [1.807, 2.05) is 165 Å². The highest BCUT2D eigenvalue weighted by Gasteiger charge is 2.37. The van der Waals surface area contributed by atoms with E-state index in [9.17, 15) is 52.7 Å². The van der Waals surface area contributed by atoms with Gasteiger partial charge in [-0.3, -0.25) is 4.90 Å². The number of phenolic OH excluding ortho intramolecular Hbond substituents is 1. The Hall–Kier alpha value is -9.99. The fourth-order valence-corrected chi connectivity index (χ4v) is 12.9. The van der Waals surface area contributed by atoms with Crippen LogP contribution in [0.4, 0.5) is 52.7 Å². The number of hydrogen-bond acceptors (Lipinski definition) is 8. The summed E-state index contributed by atoms with van der Waals surface area (Å²) in [5, 5.41) is 10.2.